The van der Waals surface area contributed by atoms with E-state index < -0.39 is 0 Å². The minimum atomic E-state index is -0.321. The molecule has 1 aliphatic rings. The van der Waals surface area contributed by atoms with Crippen LogP contribution in [0.4, 0.5) is 6.01 Å². The van der Waals surface area contributed by atoms with Crippen molar-refractivity contribution in [3.63, 3.8) is 0 Å². The van der Waals surface area contributed by atoms with Crippen molar-refractivity contribution in [2.24, 2.45) is 0 Å². The molecule has 0 bridgehead atoms. The molecule has 0 saturated carbocycles. The zero-order valence-electron chi connectivity index (χ0n) is 11.5. The fourth-order valence-electron chi connectivity index (χ4n) is 2.63. The Hall–Kier alpha value is -2.22. The predicted molar refractivity (Wildman–Crippen MR) is 81.8 cm³/mol. The second kappa shape index (κ2) is 5.20. The number of rotatable bonds is 2. The van der Waals surface area contributed by atoms with Crippen LogP contribution in [0.1, 0.15) is 34.7 Å². The summed E-state index contributed by atoms with van der Waals surface area (Å²) >= 11 is 3.36. The third-order valence-corrected chi connectivity index (χ3v) is 4.09. The number of nitrogens with one attached hydrogen (secondary N) is 1. The van der Waals surface area contributed by atoms with Crippen LogP contribution in [0.2, 0.25) is 0 Å². The van der Waals surface area contributed by atoms with Crippen LogP contribution in [-0.2, 0) is 12.8 Å². The Bertz CT molecular complexity index is 846. The number of carbonyl (C=O) groups is 1. The Morgan fingerprint density at radius 2 is 2.23 bits per heavy atom. The first-order valence-corrected chi connectivity index (χ1v) is 7.79. The number of carbonyl (C=O) groups excluding carboxylic acids is 1. The molecule has 1 amide bonds. The lowest BCUT2D eigenvalue weighted by molar-refractivity contribution is 0.102. The van der Waals surface area contributed by atoms with Crippen molar-refractivity contribution in [3.8, 4) is 0 Å². The highest BCUT2D eigenvalue weighted by atomic mass is 79.9. The number of hydrogen-bond acceptors (Lipinski definition) is 5. The van der Waals surface area contributed by atoms with Gasteiger partial charge in [0.2, 0.25) is 0 Å². The van der Waals surface area contributed by atoms with E-state index >= 15 is 0 Å². The summed E-state index contributed by atoms with van der Waals surface area (Å²) < 4.78 is 7.90. The molecule has 22 heavy (non-hydrogen) atoms. The van der Waals surface area contributed by atoms with Crippen molar-refractivity contribution in [3.05, 3.63) is 40.1 Å². The molecular weight excluding hydrogens is 350 g/mol. The summed E-state index contributed by atoms with van der Waals surface area (Å²) in [6.07, 6.45) is 7.13. The monoisotopic (exact) mass is 361 g/mol. The van der Waals surface area contributed by atoms with Gasteiger partial charge >= 0.3 is 6.01 Å². The van der Waals surface area contributed by atoms with E-state index in [9.17, 15) is 4.79 Å². The van der Waals surface area contributed by atoms with E-state index in [2.05, 4.69) is 36.3 Å². The molecule has 1 aliphatic carbocycles. The van der Waals surface area contributed by atoms with Crippen LogP contribution in [0.15, 0.2) is 27.5 Å². The molecule has 7 nitrogen and oxygen atoms in total. The SMILES string of the molecule is O=C(Nc1nc2c(o1)CCCC2)c1cc(Br)cn2ncnc12. The Kier molecular flexibility index (Phi) is 3.18. The molecule has 0 fully saturated rings. The second-order valence-corrected chi connectivity index (χ2v) is 6.07. The molecule has 1 N–H and O–H groups in total. The van der Waals surface area contributed by atoms with Crippen LogP contribution in [0.25, 0.3) is 5.65 Å². The molecule has 3 heterocycles. The number of nitrogens with zero attached hydrogens (tertiary/aromatic N) is 4. The summed E-state index contributed by atoms with van der Waals surface area (Å²) in [5.74, 6) is 0.557. The molecule has 8 heteroatoms. The molecule has 0 spiro atoms. The number of hydrogen-bond donors (Lipinski definition) is 1. The number of anilines is 1. The summed E-state index contributed by atoms with van der Waals surface area (Å²) in [6, 6.07) is 1.94. The Morgan fingerprint density at radius 1 is 1.36 bits per heavy atom. The van der Waals surface area contributed by atoms with Gasteiger partial charge in [-0.25, -0.2) is 9.50 Å². The summed E-state index contributed by atoms with van der Waals surface area (Å²) in [5.41, 5.74) is 1.84. The molecule has 0 aromatic carbocycles. The van der Waals surface area contributed by atoms with E-state index in [-0.39, 0.29) is 11.9 Å². The summed E-state index contributed by atoms with van der Waals surface area (Å²) in [6.45, 7) is 0. The van der Waals surface area contributed by atoms with E-state index in [0.29, 0.717) is 11.2 Å². The number of halogens is 1. The lowest BCUT2D eigenvalue weighted by Gasteiger charge is -2.05. The molecule has 0 unspecified atom stereocenters. The molecule has 0 saturated heterocycles. The quantitative estimate of drug-likeness (QED) is 0.758. The number of fused-ring (bicyclic) bond motifs is 2. The molecule has 0 aliphatic heterocycles. The number of aromatic nitrogens is 4. The maximum Gasteiger partial charge on any atom is 0.302 e. The summed E-state index contributed by atoms with van der Waals surface area (Å²) in [7, 11) is 0. The van der Waals surface area contributed by atoms with Gasteiger partial charge in [-0.15, -0.1) is 0 Å². The summed E-state index contributed by atoms with van der Waals surface area (Å²) in [4.78, 5) is 20.9. The largest absolute Gasteiger partial charge is 0.428 e. The van der Waals surface area contributed by atoms with Gasteiger partial charge in [0.05, 0.1) is 11.3 Å². The average Bonchev–Trinajstić information content (AvgIpc) is 3.11. The Morgan fingerprint density at radius 3 is 3.09 bits per heavy atom. The minimum Gasteiger partial charge on any atom is -0.428 e. The highest BCUT2D eigenvalue weighted by molar-refractivity contribution is 9.10. The highest BCUT2D eigenvalue weighted by Crippen LogP contribution is 2.24. The second-order valence-electron chi connectivity index (χ2n) is 5.15. The minimum absolute atomic E-state index is 0.245. The van der Waals surface area contributed by atoms with Crippen LogP contribution < -0.4 is 5.32 Å². The third-order valence-electron chi connectivity index (χ3n) is 3.65. The molecule has 4 rings (SSSR count). The summed E-state index contributed by atoms with van der Waals surface area (Å²) in [5, 5.41) is 6.75. The van der Waals surface area contributed by atoms with Crippen molar-refractivity contribution in [1.82, 2.24) is 19.6 Å². The molecule has 3 aromatic heterocycles. The van der Waals surface area contributed by atoms with Crippen LogP contribution >= 0.6 is 15.9 Å². The molecule has 0 radical (unpaired) electrons. The fourth-order valence-corrected chi connectivity index (χ4v) is 3.05. The lowest BCUT2D eigenvalue weighted by atomic mass is 10.0. The van der Waals surface area contributed by atoms with Gasteiger partial charge in [0.1, 0.15) is 12.1 Å². The molecule has 0 atom stereocenters. The van der Waals surface area contributed by atoms with Gasteiger partial charge in [0.25, 0.3) is 5.91 Å². The maximum absolute atomic E-state index is 12.5. The first kappa shape index (κ1) is 13.4. The number of amides is 1. The molecule has 3 aromatic rings. The predicted octanol–water partition coefficient (Wildman–Crippen LogP) is 2.61. The highest BCUT2D eigenvalue weighted by Gasteiger charge is 2.20. The van der Waals surface area contributed by atoms with E-state index in [1.165, 1.54) is 6.33 Å². The topological polar surface area (TPSA) is 85.3 Å². The smallest absolute Gasteiger partial charge is 0.302 e. The fraction of sp³-hybridized carbons (Fsp3) is 0.286. The van der Waals surface area contributed by atoms with Crippen LogP contribution in [0.3, 0.4) is 0 Å². The van der Waals surface area contributed by atoms with E-state index in [0.717, 1.165) is 41.6 Å². The van der Waals surface area contributed by atoms with Gasteiger partial charge in [0.15, 0.2) is 5.65 Å². The van der Waals surface area contributed by atoms with Crippen molar-refractivity contribution < 1.29 is 9.21 Å². The zero-order chi connectivity index (χ0) is 15.1. The average molecular weight is 362 g/mol. The normalized spacial score (nSPS) is 14.0. The van der Waals surface area contributed by atoms with Crippen LogP contribution in [0.5, 0.6) is 0 Å². The van der Waals surface area contributed by atoms with Gasteiger partial charge < -0.3 is 4.42 Å². The molecular formula is C14H12BrN5O2. The van der Waals surface area contributed by atoms with Crippen LogP contribution in [0, 0.1) is 0 Å². The van der Waals surface area contributed by atoms with Crippen molar-refractivity contribution in [1.29, 1.82) is 0 Å². The van der Waals surface area contributed by atoms with E-state index in [1.807, 2.05) is 0 Å². The van der Waals surface area contributed by atoms with Gasteiger partial charge in [-0.05, 0) is 41.3 Å². The van der Waals surface area contributed by atoms with Crippen molar-refractivity contribution >= 4 is 33.5 Å². The standard InChI is InChI=1S/C14H12BrN5O2/c15-8-5-9(12-16-7-17-20(12)6-8)13(21)19-14-18-10-3-1-2-4-11(10)22-14/h5-7H,1-4H2,(H,18,19,21). The number of oxazole rings is 1. The van der Waals surface area contributed by atoms with Gasteiger partial charge in [-0.1, -0.05) is 0 Å². The van der Waals surface area contributed by atoms with Crippen molar-refractivity contribution in [2.75, 3.05) is 5.32 Å². The third kappa shape index (κ3) is 2.29. The zero-order valence-corrected chi connectivity index (χ0v) is 13.1. The lowest BCUT2D eigenvalue weighted by Crippen LogP contribution is -2.14. The van der Waals surface area contributed by atoms with Crippen molar-refractivity contribution in [2.45, 2.75) is 25.7 Å². The first-order chi connectivity index (χ1) is 10.7. The van der Waals surface area contributed by atoms with Gasteiger partial charge in [-0.2, -0.15) is 10.1 Å². The van der Waals surface area contributed by atoms with Gasteiger partial charge in [0, 0.05) is 17.1 Å². The van der Waals surface area contributed by atoms with Gasteiger partial charge in [-0.3, -0.25) is 10.1 Å². The number of pyridine rings is 1. The van der Waals surface area contributed by atoms with Crippen LogP contribution in [-0.4, -0.2) is 25.5 Å². The molecule has 112 valence electrons. The van der Waals surface area contributed by atoms with E-state index in [1.54, 1.807) is 16.8 Å². The van der Waals surface area contributed by atoms with E-state index in [4.69, 9.17) is 4.42 Å². The number of aryl methyl sites for hydroxylation is 2. The Balaban J connectivity index is 1.66. The first-order valence-electron chi connectivity index (χ1n) is 6.99. The Labute approximate surface area is 133 Å². The maximum atomic E-state index is 12.5.